The van der Waals surface area contributed by atoms with Crippen molar-refractivity contribution in [1.29, 1.82) is 0 Å². The van der Waals surface area contributed by atoms with Crippen LogP contribution >= 0.6 is 22.9 Å². The van der Waals surface area contributed by atoms with E-state index < -0.39 is 12.2 Å². The molecule has 0 saturated carbocycles. The minimum atomic E-state index is -0.755. The smallest absolute Gasteiger partial charge is 0.273 e. The number of hydrogen-bond donors (Lipinski definition) is 0. The third-order valence-corrected chi connectivity index (χ3v) is 7.42. The van der Waals surface area contributed by atoms with Gasteiger partial charge in [-0.2, -0.15) is 0 Å². The van der Waals surface area contributed by atoms with Crippen LogP contribution in [0.2, 0.25) is 5.02 Å². The molecular formula is C25H28ClN3O4S. The van der Waals surface area contributed by atoms with Gasteiger partial charge in [0, 0.05) is 31.2 Å². The number of morpholine rings is 1. The van der Waals surface area contributed by atoms with Crippen LogP contribution in [-0.2, 0) is 9.53 Å². The predicted octanol–water partition coefficient (Wildman–Crippen LogP) is 4.54. The minimum Gasteiger partial charge on any atom is -0.482 e. The van der Waals surface area contributed by atoms with Crippen molar-refractivity contribution < 1.29 is 19.0 Å². The monoisotopic (exact) mass is 501 g/mol. The molecule has 1 fully saturated rings. The summed E-state index contributed by atoms with van der Waals surface area (Å²) in [6.07, 6.45) is -0.357. The molecule has 2 aliphatic heterocycles. The summed E-state index contributed by atoms with van der Waals surface area (Å²) in [6.45, 7) is 8.63. The van der Waals surface area contributed by atoms with Crippen molar-refractivity contribution in [2.45, 2.75) is 32.5 Å². The van der Waals surface area contributed by atoms with Crippen molar-refractivity contribution in [2.24, 2.45) is 0 Å². The van der Waals surface area contributed by atoms with E-state index in [-0.39, 0.29) is 5.91 Å². The van der Waals surface area contributed by atoms with Crippen LogP contribution < -0.4 is 14.4 Å². The number of aryl methyl sites for hydroxylation is 1. The molecule has 9 heteroatoms. The Morgan fingerprint density at radius 3 is 2.71 bits per heavy atom. The number of hydrogen-bond acceptors (Lipinski definition) is 7. The van der Waals surface area contributed by atoms with Crippen molar-refractivity contribution >= 4 is 44.2 Å². The lowest BCUT2D eigenvalue weighted by Crippen LogP contribution is -2.51. The van der Waals surface area contributed by atoms with E-state index in [1.165, 1.54) is 11.3 Å². The molecule has 7 nitrogen and oxygen atoms in total. The van der Waals surface area contributed by atoms with Gasteiger partial charge in [-0.15, -0.1) is 0 Å². The van der Waals surface area contributed by atoms with Crippen LogP contribution in [-0.4, -0.2) is 67.4 Å². The lowest BCUT2D eigenvalue weighted by atomic mass is 10.1. The third kappa shape index (κ3) is 4.86. The molecule has 5 rings (SSSR count). The van der Waals surface area contributed by atoms with E-state index in [1.807, 2.05) is 50.2 Å². The lowest BCUT2D eigenvalue weighted by molar-refractivity contribution is -0.130. The quantitative estimate of drug-likeness (QED) is 0.494. The Bertz CT molecular complexity index is 1180. The van der Waals surface area contributed by atoms with Crippen LogP contribution in [0.1, 0.15) is 18.9 Å². The van der Waals surface area contributed by atoms with E-state index in [2.05, 4.69) is 4.90 Å². The third-order valence-electron chi connectivity index (χ3n) is 6.18. The summed E-state index contributed by atoms with van der Waals surface area (Å²) in [4.78, 5) is 22.8. The van der Waals surface area contributed by atoms with E-state index in [9.17, 15) is 4.79 Å². The highest BCUT2D eigenvalue weighted by Crippen LogP contribution is 2.36. The Kier molecular flexibility index (Phi) is 6.92. The van der Waals surface area contributed by atoms with Gasteiger partial charge in [-0.25, -0.2) is 4.98 Å². The summed E-state index contributed by atoms with van der Waals surface area (Å²) in [5.74, 6) is 1.09. The summed E-state index contributed by atoms with van der Waals surface area (Å²) in [5.41, 5.74) is 1.86. The second-order valence-electron chi connectivity index (χ2n) is 8.67. The fraction of sp³-hybridized carbons (Fsp3) is 0.440. The molecule has 2 unspecified atom stereocenters. The lowest BCUT2D eigenvalue weighted by Gasteiger charge is -2.34. The Morgan fingerprint density at radius 2 is 1.94 bits per heavy atom. The van der Waals surface area contributed by atoms with Gasteiger partial charge in [0.15, 0.2) is 16.6 Å². The average Bonchev–Trinajstić information content (AvgIpc) is 3.25. The van der Waals surface area contributed by atoms with E-state index in [1.54, 1.807) is 4.90 Å². The molecule has 180 valence electrons. The molecule has 0 aliphatic carbocycles. The molecule has 1 saturated heterocycles. The molecule has 2 aromatic carbocycles. The number of carbonyl (C=O) groups excluding carboxylic acids is 1. The van der Waals surface area contributed by atoms with Crippen molar-refractivity contribution in [3.63, 3.8) is 0 Å². The fourth-order valence-corrected chi connectivity index (χ4v) is 5.83. The topological polar surface area (TPSA) is 64.1 Å². The van der Waals surface area contributed by atoms with Crippen molar-refractivity contribution in [1.82, 2.24) is 9.88 Å². The Hall–Kier alpha value is -2.39. The summed E-state index contributed by atoms with van der Waals surface area (Å²) in [6, 6.07) is 11.2. The van der Waals surface area contributed by atoms with E-state index >= 15 is 0 Å². The van der Waals surface area contributed by atoms with Gasteiger partial charge in [-0.3, -0.25) is 14.6 Å². The van der Waals surface area contributed by atoms with Crippen LogP contribution in [0, 0.1) is 6.92 Å². The zero-order valence-corrected chi connectivity index (χ0v) is 20.9. The van der Waals surface area contributed by atoms with Crippen molar-refractivity contribution in [3.05, 3.63) is 47.0 Å². The zero-order chi connectivity index (χ0) is 23.7. The molecule has 1 amide bonds. The maximum atomic E-state index is 13.9. The zero-order valence-electron chi connectivity index (χ0n) is 19.3. The maximum Gasteiger partial charge on any atom is 0.273 e. The van der Waals surface area contributed by atoms with Crippen LogP contribution in [0.5, 0.6) is 11.5 Å². The van der Waals surface area contributed by atoms with Crippen LogP contribution in [0.3, 0.4) is 0 Å². The number of thiazole rings is 1. The van der Waals surface area contributed by atoms with Gasteiger partial charge in [0.1, 0.15) is 6.10 Å². The van der Waals surface area contributed by atoms with Gasteiger partial charge in [-0.1, -0.05) is 35.1 Å². The molecule has 0 spiro atoms. The number of nitrogens with zero attached hydrogens (tertiary/aromatic N) is 3. The number of ether oxygens (including phenoxy) is 3. The number of carbonyl (C=O) groups is 1. The highest BCUT2D eigenvalue weighted by atomic mass is 35.5. The summed E-state index contributed by atoms with van der Waals surface area (Å²) in [5, 5.41) is 1.32. The average molecular weight is 502 g/mol. The predicted molar refractivity (Wildman–Crippen MR) is 135 cm³/mol. The maximum absolute atomic E-state index is 13.9. The second kappa shape index (κ2) is 10.1. The number of aromatic nitrogens is 1. The number of halogens is 1. The molecule has 34 heavy (non-hydrogen) atoms. The van der Waals surface area contributed by atoms with E-state index in [0.29, 0.717) is 28.2 Å². The summed E-state index contributed by atoms with van der Waals surface area (Å²) in [7, 11) is 0. The molecule has 1 aromatic heterocycles. The Morgan fingerprint density at radius 1 is 1.21 bits per heavy atom. The van der Waals surface area contributed by atoms with E-state index in [4.69, 9.17) is 30.8 Å². The summed E-state index contributed by atoms with van der Waals surface area (Å²) < 4.78 is 18.6. The molecule has 2 atom stereocenters. The summed E-state index contributed by atoms with van der Waals surface area (Å²) >= 11 is 7.76. The van der Waals surface area contributed by atoms with Crippen molar-refractivity contribution in [2.75, 3.05) is 44.3 Å². The molecule has 0 radical (unpaired) electrons. The highest BCUT2D eigenvalue weighted by molar-refractivity contribution is 7.22. The molecule has 3 aromatic rings. The molecular weight excluding hydrogens is 474 g/mol. The normalized spacial score (nSPS) is 20.4. The van der Waals surface area contributed by atoms with Gasteiger partial charge in [-0.05, 0) is 50.1 Å². The highest BCUT2D eigenvalue weighted by Gasteiger charge is 2.38. The van der Waals surface area contributed by atoms with Gasteiger partial charge in [0.05, 0.1) is 23.4 Å². The number of rotatable bonds is 6. The number of para-hydroxylation sites is 2. The first-order chi connectivity index (χ1) is 16.5. The van der Waals surface area contributed by atoms with E-state index in [0.717, 1.165) is 55.0 Å². The largest absolute Gasteiger partial charge is 0.482 e. The Labute approximate surface area is 208 Å². The first-order valence-electron chi connectivity index (χ1n) is 11.6. The van der Waals surface area contributed by atoms with Gasteiger partial charge in [0.2, 0.25) is 6.10 Å². The van der Waals surface area contributed by atoms with Crippen LogP contribution in [0.4, 0.5) is 5.13 Å². The first-order valence-corrected chi connectivity index (χ1v) is 12.8. The van der Waals surface area contributed by atoms with Gasteiger partial charge in [0.25, 0.3) is 5.91 Å². The van der Waals surface area contributed by atoms with Crippen molar-refractivity contribution in [3.8, 4) is 11.5 Å². The molecule has 0 N–H and O–H groups in total. The Balaban J connectivity index is 1.41. The minimum absolute atomic E-state index is 0.146. The van der Waals surface area contributed by atoms with Crippen LogP contribution in [0.25, 0.3) is 10.2 Å². The fourth-order valence-electron chi connectivity index (χ4n) is 4.38. The molecule has 3 heterocycles. The first kappa shape index (κ1) is 23.4. The van der Waals surface area contributed by atoms with Gasteiger partial charge < -0.3 is 14.2 Å². The second-order valence-corrected chi connectivity index (χ2v) is 10.1. The SMILES string of the molecule is Cc1cc(Cl)cc2sc(N(CCCN3CCOCC3)C(=O)C3Oc4ccccc4OC3C)nc12. The molecule has 2 aliphatic rings. The number of fused-ring (bicyclic) bond motifs is 2. The van der Waals surface area contributed by atoms with Gasteiger partial charge >= 0.3 is 0 Å². The number of benzene rings is 2. The standard InChI is InChI=1S/C25H28ClN3O4S/c1-16-14-18(26)15-21-22(16)27-25(34-21)29(9-5-8-28-10-12-31-13-11-28)24(30)23-17(2)32-19-6-3-4-7-20(19)33-23/h3-4,6-7,14-15,17,23H,5,8-13H2,1-2H3. The number of anilines is 1. The number of amides is 1. The molecule has 0 bridgehead atoms. The van der Waals surface area contributed by atoms with Crippen LogP contribution in [0.15, 0.2) is 36.4 Å².